The molecule has 31 heavy (non-hydrogen) atoms. The van der Waals surface area contributed by atoms with Gasteiger partial charge in [-0.3, -0.25) is 9.59 Å². The van der Waals surface area contributed by atoms with Crippen LogP contribution in [0.1, 0.15) is 35.5 Å². The Labute approximate surface area is 179 Å². The molecule has 1 aromatic carbocycles. The zero-order valence-corrected chi connectivity index (χ0v) is 17.3. The first kappa shape index (κ1) is 21.4. The minimum absolute atomic E-state index is 0.0593. The van der Waals surface area contributed by atoms with Crippen LogP contribution in [-0.2, 0) is 24.1 Å². The van der Waals surface area contributed by atoms with Crippen LogP contribution in [0.25, 0.3) is 10.2 Å². The summed E-state index contributed by atoms with van der Waals surface area (Å²) in [6.07, 6.45) is 0.0524. The third-order valence-electron chi connectivity index (χ3n) is 5.00. The van der Waals surface area contributed by atoms with E-state index in [-0.39, 0.29) is 30.1 Å². The average molecular weight is 451 g/mol. The van der Waals surface area contributed by atoms with Crippen molar-refractivity contribution in [3.8, 4) is 5.75 Å². The predicted molar refractivity (Wildman–Crippen MR) is 112 cm³/mol. The predicted octanol–water partition coefficient (Wildman–Crippen LogP) is 4.38. The molecule has 4 rings (SSSR count). The van der Waals surface area contributed by atoms with E-state index in [0.717, 1.165) is 36.1 Å². The summed E-state index contributed by atoms with van der Waals surface area (Å²) < 4.78 is 41.2. The van der Waals surface area contributed by atoms with Gasteiger partial charge in [0, 0.05) is 23.4 Å². The van der Waals surface area contributed by atoms with Gasteiger partial charge in [0.2, 0.25) is 5.91 Å². The largest absolute Gasteiger partial charge is 0.484 e. The Balaban J connectivity index is 1.35. The molecule has 0 spiro atoms. The van der Waals surface area contributed by atoms with E-state index in [1.54, 1.807) is 11.3 Å². The third-order valence-corrected chi connectivity index (χ3v) is 6.19. The number of fused-ring (bicyclic) bond motifs is 3. The normalized spacial score (nSPS) is 13.8. The molecule has 3 aromatic rings. The Bertz CT molecular complexity index is 1150. The van der Waals surface area contributed by atoms with Crippen molar-refractivity contribution in [2.45, 2.75) is 44.7 Å². The number of nitrogens with one attached hydrogen (secondary N) is 2. The Kier molecular flexibility index (Phi) is 5.99. The van der Waals surface area contributed by atoms with Gasteiger partial charge in [0.15, 0.2) is 6.61 Å². The molecule has 0 saturated heterocycles. The summed E-state index contributed by atoms with van der Waals surface area (Å²) in [4.78, 5) is 34.1. The van der Waals surface area contributed by atoms with Crippen molar-refractivity contribution >= 4 is 33.1 Å². The number of halogens is 3. The molecule has 0 radical (unpaired) electrons. The average Bonchev–Trinajstić information content (AvgIpc) is 3.10. The maximum atomic E-state index is 12.5. The highest BCUT2D eigenvalue weighted by Crippen LogP contribution is 2.33. The van der Waals surface area contributed by atoms with Gasteiger partial charge in [-0.25, -0.2) is 4.98 Å². The lowest BCUT2D eigenvalue weighted by atomic mass is 9.97. The van der Waals surface area contributed by atoms with Crippen molar-refractivity contribution in [2.75, 3.05) is 11.9 Å². The molecule has 2 N–H and O–H groups in total. The maximum Gasteiger partial charge on any atom is 0.422 e. The number of aromatic nitrogens is 2. The molecule has 1 aliphatic rings. The number of hydrogen-bond donors (Lipinski definition) is 2. The summed E-state index contributed by atoms with van der Waals surface area (Å²) in [5, 5.41) is 3.35. The Morgan fingerprint density at radius 1 is 1.19 bits per heavy atom. The number of benzene rings is 1. The standard InChI is InChI=1S/C21H20F3N3O3S/c22-21(23,24)11-30-13-7-5-12(6-8-13)25-17(28)10-9-16-26-19(29)18-14-3-1-2-4-15(14)31-20(18)27-16/h5-8H,1-4,9-11H2,(H,25,28)(H,26,27,29). The van der Waals surface area contributed by atoms with Crippen molar-refractivity contribution in [2.24, 2.45) is 0 Å². The van der Waals surface area contributed by atoms with Crippen molar-refractivity contribution in [1.29, 1.82) is 0 Å². The number of rotatable bonds is 6. The molecule has 0 saturated carbocycles. The van der Waals surface area contributed by atoms with Crippen LogP contribution in [-0.4, -0.2) is 28.7 Å². The highest BCUT2D eigenvalue weighted by molar-refractivity contribution is 7.18. The van der Waals surface area contributed by atoms with E-state index in [1.165, 1.54) is 29.1 Å². The summed E-state index contributed by atoms with van der Waals surface area (Å²) >= 11 is 1.56. The molecule has 6 nitrogen and oxygen atoms in total. The number of aromatic amines is 1. The second kappa shape index (κ2) is 8.70. The molecule has 0 aliphatic heterocycles. The number of hydrogen-bond acceptors (Lipinski definition) is 5. The van der Waals surface area contributed by atoms with E-state index in [1.807, 2.05) is 0 Å². The van der Waals surface area contributed by atoms with E-state index >= 15 is 0 Å². The highest BCUT2D eigenvalue weighted by atomic mass is 32.1. The van der Waals surface area contributed by atoms with Crippen LogP contribution in [0.2, 0.25) is 0 Å². The summed E-state index contributed by atoms with van der Waals surface area (Å²) in [7, 11) is 0. The number of ether oxygens (including phenoxy) is 1. The number of aryl methyl sites for hydroxylation is 3. The lowest BCUT2D eigenvalue weighted by molar-refractivity contribution is -0.153. The van der Waals surface area contributed by atoms with Gasteiger partial charge in [-0.05, 0) is 55.5 Å². The molecule has 1 aliphatic carbocycles. The first-order valence-corrected chi connectivity index (χ1v) is 10.7. The first-order valence-electron chi connectivity index (χ1n) is 9.91. The van der Waals surface area contributed by atoms with Crippen LogP contribution < -0.4 is 15.6 Å². The van der Waals surface area contributed by atoms with Gasteiger partial charge in [-0.2, -0.15) is 13.2 Å². The van der Waals surface area contributed by atoms with Gasteiger partial charge < -0.3 is 15.0 Å². The van der Waals surface area contributed by atoms with Crippen LogP contribution in [0, 0.1) is 0 Å². The van der Waals surface area contributed by atoms with E-state index in [4.69, 9.17) is 0 Å². The number of amides is 1. The van der Waals surface area contributed by atoms with Crippen LogP contribution in [0.5, 0.6) is 5.75 Å². The summed E-state index contributed by atoms with van der Waals surface area (Å²) in [6, 6.07) is 5.64. The van der Waals surface area contributed by atoms with Crippen molar-refractivity contribution in [3.63, 3.8) is 0 Å². The third kappa shape index (κ3) is 5.25. The number of nitrogens with zero attached hydrogens (tertiary/aromatic N) is 1. The molecule has 10 heteroatoms. The Morgan fingerprint density at radius 3 is 2.68 bits per heavy atom. The number of thiophene rings is 1. The number of alkyl halides is 3. The molecule has 0 bridgehead atoms. The molecule has 0 unspecified atom stereocenters. The van der Waals surface area contributed by atoms with Crippen LogP contribution in [0.15, 0.2) is 29.1 Å². The van der Waals surface area contributed by atoms with E-state index < -0.39 is 12.8 Å². The van der Waals surface area contributed by atoms with Crippen molar-refractivity contribution in [1.82, 2.24) is 9.97 Å². The molecular formula is C21H20F3N3O3S. The lowest BCUT2D eigenvalue weighted by Crippen LogP contribution is -2.19. The zero-order valence-electron chi connectivity index (χ0n) is 16.5. The fraction of sp³-hybridized carbons (Fsp3) is 0.381. The topological polar surface area (TPSA) is 84.1 Å². The van der Waals surface area contributed by atoms with E-state index in [2.05, 4.69) is 20.0 Å². The number of carbonyl (C=O) groups is 1. The van der Waals surface area contributed by atoms with Crippen LogP contribution in [0.4, 0.5) is 18.9 Å². The first-order chi connectivity index (χ1) is 14.8. The fourth-order valence-corrected chi connectivity index (χ4v) is 4.86. The van der Waals surface area contributed by atoms with Gasteiger partial charge in [0.25, 0.3) is 5.56 Å². The number of H-pyrrole nitrogens is 1. The van der Waals surface area contributed by atoms with Gasteiger partial charge in [0.05, 0.1) is 5.39 Å². The molecule has 2 heterocycles. The number of carbonyl (C=O) groups excluding carboxylic acids is 1. The van der Waals surface area contributed by atoms with Crippen LogP contribution in [0.3, 0.4) is 0 Å². The number of anilines is 1. The minimum Gasteiger partial charge on any atom is -0.484 e. The van der Waals surface area contributed by atoms with Crippen molar-refractivity contribution in [3.05, 3.63) is 50.9 Å². The Morgan fingerprint density at radius 2 is 1.94 bits per heavy atom. The van der Waals surface area contributed by atoms with Gasteiger partial charge in [-0.1, -0.05) is 0 Å². The second-order valence-corrected chi connectivity index (χ2v) is 8.46. The molecular weight excluding hydrogens is 431 g/mol. The summed E-state index contributed by atoms with van der Waals surface area (Å²) in [6.45, 7) is -1.37. The summed E-state index contributed by atoms with van der Waals surface area (Å²) in [5.74, 6) is 0.225. The molecule has 2 aromatic heterocycles. The second-order valence-electron chi connectivity index (χ2n) is 7.38. The van der Waals surface area contributed by atoms with Gasteiger partial charge >= 0.3 is 6.18 Å². The Hall–Kier alpha value is -2.88. The lowest BCUT2D eigenvalue weighted by Gasteiger charge is -2.10. The van der Waals surface area contributed by atoms with Crippen LogP contribution >= 0.6 is 11.3 Å². The van der Waals surface area contributed by atoms with Gasteiger partial charge in [-0.15, -0.1) is 11.3 Å². The highest BCUT2D eigenvalue weighted by Gasteiger charge is 2.28. The maximum absolute atomic E-state index is 12.5. The summed E-state index contributed by atoms with van der Waals surface area (Å²) in [5.41, 5.74) is 1.40. The molecule has 1 amide bonds. The zero-order chi connectivity index (χ0) is 22.0. The van der Waals surface area contributed by atoms with E-state index in [0.29, 0.717) is 16.9 Å². The van der Waals surface area contributed by atoms with Crippen molar-refractivity contribution < 1.29 is 22.7 Å². The molecule has 0 atom stereocenters. The fourth-order valence-electron chi connectivity index (χ4n) is 3.58. The minimum atomic E-state index is -4.41. The smallest absolute Gasteiger partial charge is 0.422 e. The van der Waals surface area contributed by atoms with E-state index in [9.17, 15) is 22.8 Å². The van der Waals surface area contributed by atoms with Gasteiger partial charge in [0.1, 0.15) is 16.4 Å². The quantitative estimate of drug-likeness (QED) is 0.583. The monoisotopic (exact) mass is 451 g/mol. The molecule has 164 valence electrons. The SMILES string of the molecule is O=C(CCc1nc2sc3c(c2c(=O)[nH]1)CCCC3)Nc1ccc(OCC(F)(F)F)cc1. The molecule has 0 fully saturated rings.